The van der Waals surface area contributed by atoms with Crippen molar-refractivity contribution in [3.63, 3.8) is 0 Å². The Balaban J connectivity index is 0.000000317. The molecule has 2 atom stereocenters. The van der Waals surface area contributed by atoms with Crippen molar-refractivity contribution in [1.29, 1.82) is 0 Å². The number of carboxylic acid groups (broad SMARTS) is 2. The fourth-order valence-corrected chi connectivity index (χ4v) is 4.89. The number of halogens is 6. The van der Waals surface area contributed by atoms with Crippen LogP contribution in [0.15, 0.2) is 30.0 Å². The molecule has 0 radical (unpaired) electrons. The van der Waals surface area contributed by atoms with Crippen LogP contribution in [0.25, 0.3) is 0 Å². The number of hydrogen-bond acceptors (Lipinski definition) is 8. The maximum absolute atomic E-state index is 10.6. The summed E-state index contributed by atoms with van der Waals surface area (Å²) in [5.41, 5.74) is 3.18. The van der Waals surface area contributed by atoms with Crippen LogP contribution in [0.1, 0.15) is 29.8 Å². The topological polar surface area (TPSA) is 122 Å². The molecule has 2 fully saturated rings. The predicted molar refractivity (Wildman–Crippen MR) is 125 cm³/mol. The number of nitrogens with zero attached hydrogens (tertiary/aromatic N) is 3. The van der Waals surface area contributed by atoms with Crippen LogP contribution in [0.3, 0.4) is 0 Å². The maximum Gasteiger partial charge on any atom is 0.490 e. The van der Waals surface area contributed by atoms with E-state index in [1.807, 2.05) is 17.6 Å². The summed E-state index contributed by atoms with van der Waals surface area (Å²) < 4.78 is 75.8. The van der Waals surface area contributed by atoms with E-state index < -0.39 is 24.3 Å². The van der Waals surface area contributed by atoms with E-state index in [9.17, 15) is 26.3 Å². The quantitative estimate of drug-likeness (QED) is 0.485. The Hall–Kier alpha value is -2.98. The second-order valence-electron chi connectivity index (χ2n) is 8.77. The fraction of sp³-hybridized carbons (Fsp3) is 0.565. The number of pyridine rings is 1. The number of hydrogen-bond donors (Lipinski definition) is 2. The van der Waals surface area contributed by atoms with Gasteiger partial charge in [0.25, 0.3) is 0 Å². The highest BCUT2D eigenvalue weighted by atomic mass is 32.1. The summed E-state index contributed by atoms with van der Waals surface area (Å²) in [5, 5.41) is 14.2. The Morgan fingerprint density at radius 3 is 2.36 bits per heavy atom. The summed E-state index contributed by atoms with van der Waals surface area (Å²) in [6, 6.07) is 3.89. The van der Waals surface area contributed by atoms with E-state index in [1.54, 1.807) is 23.7 Å². The van der Waals surface area contributed by atoms with Gasteiger partial charge in [0.15, 0.2) is 0 Å². The number of carbonyl (C=O) groups is 2. The fourth-order valence-electron chi connectivity index (χ4n) is 4.07. The molecule has 2 aromatic rings. The molecule has 2 unspecified atom stereocenters. The number of piperidine rings is 1. The normalized spacial score (nSPS) is 21.4. The van der Waals surface area contributed by atoms with Crippen LogP contribution in [0.4, 0.5) is 26.3 Å². The number of likely N-dealkylation sites (tertiary alicyclic amines) is 1. The molecule has 2 saturated heterocycles. The van der Waals surface area contributed by atoms with Gasteiger partial charge >= 0.3 is 24.3 Å². The van der Waals surface area contributed by atoms with E-state index in [0.29, 0.717) is 12.7 Å². The molecule has 2 N–H and O–H groups in total. The van der Waals surface area contributed by atoms with Crippen LogP contribution in [0.5, 0.6) is 5.75 Å². The first-order chi connectivity index (χ1) is 18.1. The largest absolute Gasteiger partial charge is 0.491 e. The molecule has 0 saturated carbocycles. The molecule has 0 amide bonds. The number of fused-ring (bicyclic) bond motifs is 1. The third-order valence-electron chi connectivity index (χ3n) is 5.92. The highest BCUT2D eigenvalue weighted by Gasteiger charge is 2.46. The summed E-state index contributed by atoms with van der Waals surface area (Å²) in [4.78, 5) is 30.3. The van der Waals surface area contributed by atoms with E-state index in [4.69, 9.17) is 29.3 Å². The SMILES string of the molecule is Cc1ncsc1CN1CCC2OCCCC2(COc2cccnc2)C1.O=C(O)C(F)(F)F.O=C(O)C(F)(F)F. The lowest BCUT2D eigenvalue weighted by Crippen LogP contribution is -2.57. The maximum atomic E-state index is 10.6. The zero-order chi connectivity index (χ0) is 29.3. The van der Waals surface area contributed by atoms with Crippen molar-refractivity contribution in [1.82, 2.24) is 14.9 Å². The number of aromatic nitrogens is 2. The first kappa shape index (κ1) is 32.2. The standard InChI is InChI=1S/C19H25N3O2S.2C2HF3O2/c1-15-17(25-14-21-15)11-22-8-5-18-19(12-22,6-3-9-23-18)13-24-16-4-2-7-20-10-16;2*3-2(4,5)1(6)7/h2,4,7,10,14,18H,3,5-6,8-9,11-13H2,1H3;2*(H,6,7). The molecule has 4 heterocycles. The first-order valence-electron chi connectivity index (χ1n) is 11.5. The van der Waals surface area contributed by atoms with Crippen LogP contribution in [0, 0.1) is 12.3 Å². The second kappa shape index (κ2) is 13.9. The molecule has 16 heteroatoms. The molecule has 218 valence electrons. The molecule has 0 bridgehead atoms. The highest BCUT2D eigenvalue weighted by molar-refractivity contribution is 7.09. The monoisotopic (exact) mass is 587 g/mol. The molecule has 2 aliphatic heterocycles. The smallest absolute Gasteiger partial charge is 0.490 e. The van der Waals surface area contributed by atoms with Gasteiger partial charge in [0.2, 0.25) is 0 Å². The van der Waals surface area contributed by atoms with Gasteiger partial charge in [-0.25, -0.2) is 14.6 Å². The average molecular weight is 588 g/mol. The lowest BCUT2D eigenvalue weighted by Gasteiger charge is -2.50. The Morgan fingerprint density at radius 1 is 1.21 bits per heavy atom. The van der Waals surface area contributed by atoms with E-state index in [0.717, 1.165) is 56.9 Å². The van der Waals surface area contributed by atoms with E-state index >= 15 is 0 Å². The lowest BCUT2D eigenvalue weighted by atomic mass is 9.73. The Labute approximate surface area is 223 Å². The zero-order valence-electron chi connectivity index (χ0n) is 20.7. The highest BCUT2D eigenvalue weighted by Crippen LogP contribution is 2.41. The van der Waals surface area contributed by atoms with Crippen LogP contribution in [0.2, 0.25) is 0 Å². The minimum absolute atomic E-state index is 0.0743. The first-order valence-corrected chi connectivity index (χ1v) is 12.4. The van der Waals surface area contributed by atoms with Crippen molar-refractivity contribution in [2.24, 2.45) is 5.41 Å². The van der Waals surface area contributed by atoms with Crippen molar-refractivity contribution in [3.05, 3.63) is 40.6 Å². The van der Waals surface area contributed by atoms with Gasteiger partial charge < -0.3 is 19.7 Å². The van der Waals surface area contributed by atoms with Gasteiger partial charge in [-0.1, -0.05) is 0 Å². The number of aliphatic carboxylic acids is 2. The predicted octanol–water partition coefficient (Wildman–Crippen LogP) is 4.56. The van der Waals surface area contributed by atoms with Gasteiger partial charge in [-0.15, -0.1) is 11.3 Å². The molecule has 0 aromatic carbocycles. The number of thiazole rings is 1. The van der Waals surface area contributed by atoms with E-state index in [1.165, 1.54) is 4.88 Å². The minimum Gasteiger partial charge on any atom is -0.491 e. The number of carboxylic acids is 2. The van der Waals surface area contributed by atoms with Crippen LogP contribution in [-0.2, 0) is 20.9 Å². The number of ether oxygens (including phenoxy) is 2. The summed E-state index contributed by atoms with van der Waals surface area (Å²) in [5.74, 6) is -4.67. The summed E-state index contributed by atoms with van der Waals surface area (Å²) in [6.07, 6.45) is -2.95. The molecule has 39 heavy (non-hydrogen) atoms. The van der Waals surface area contributed by atoms with Gasteiger partial charge in [-0.05, 0) is 38.3 Å². The Kier molecular flexibility index (Phi) is 11.5. The number of alkyl halides is 6. The van der Waals surface area contributed by atoms with Gasteiger partial charge in [0, 0.05) is 42.7 Å². The third-order valence-corrected chi connectivity index (χ3v) is 6.84. The summed E-state index contributed by atoms with van der Waals surface area (Å²) >= 11 is 1.76. The minimum atomic E-state index is -5.08. The zero-order valence-corrected chi connectivity index (χ0v) is 21.5. The van der Waals surface area contributed by atoms with Crippen molar-refractivity contribution in [2.75, 3.05) is 26.3 Å². The second-order valence-corrected chi connectivity index (χ2v) is 9.71. The number of rotatable bonds is 5. The van der Waals surface area contributed by atoms with Crippen LogP contribution in [-0.4, -0.2) is 81.8 Å². The molecule has 0 aliphatic carbocycles. The lowest BCUT2D eigenvalue weighted by molar-refractivity contribution is -0.193. The number of aryl methyl sites for hydroxylation is 1. The molecule has 2 aliphatic rings. The van der Waals surface area contributed by atoms with Crippen molar-refractivity contribution in [2.45, 2.75) is 51.2 Å². The summed E-state index contributed by atoms with van der Waals surface area (Å²) in [6.45, 7) is 6.77. The molecular formula is C23H27F6N3O6S. The van der Waals surface area contributed by atoms with Crippen molar-refractivity contribution in [3.8, 4) is 5.75 Å². The molecular weight excluding hydrogens is 560 g/mol. The van der Waals surface area contributed by atoms with Crippen molar-refractivity contribution < 1.29 is 55.6 Å². The van der Waals surface area contributed by atoms with Crippen LogP contribution >= 0.6 is 11.3 Å². The van der Waals surface area contributed by atoms with Gasteiger partial charge in [-0.2, -0.15) is 26.3 Å². The van der Waals surface area contributed by atoms with Gasteiger partial charge in [-0.3, -0.25) is 9.88 Å². The molecule has 2 aromatic heterocycles. The van der Waals surface area contributed by atoms with Crippen molar-refractivity contribution >= 4 is 23.3 Å². The third kappa shape index (κ3) is 10.3. The Morgan fingerprint density at radius 2 is 1.85 bits per heavy atom. The molecule has 0 spiro atoms. The van der Waals surface area contributed by atoms with Gasteiger partial charge in [0.05, 0.1) is 30.1 Å². The van der Waals surface area contributed by atoms with E-state index in [2.05, 4.69) is 21.8 Å². The Bertz CT molecular complexity index is 1040. The average Bonchev–Trinajstić information content (AvgIpc) is 3.27. The van der Waals surface area contributed by atoms with Gasteiger partial charge in [0.1, 0.15) is 5.75 Å². The van der Waals surface area contributed by atoms with E-state index in [-0.39, 0.29) is 5.41 Å². The summed E-state index contributed by atoms with van der Waals surface area (Å²) in [7, 11) is 0. The molecule has 4 rings (SSSR count). The molecule has 9 nitrogen and oxygen atoms in total. The van der Waals surface area contributed by atoms with Crippen LogP contribution < -0.4 is 4.74 Å².